The maximum Gasteiger partial charge on any atom is 0.303 e. The predicted molar refractivity (Wildman–Crippen MR) is 128 cm³/mol. The van der Waals surface area contributed by atoms with E-state index < -0.39 is 83.3 Å². The van der Waals surface area contributed by atoms with Gasteiger partial charge in [0.2, 0.25) is 0 Å². The average Bonchev–Trinajstić information content (AvgIpc) is 2.76. The van der Waals surface area contributed by atoms with Crippen molar-refractivity contribution in [1.29, 1.82) is 0 Å². The molecule has 2 aliphatic rings. The van der Waals surface area contributed by atoms with Gasteiger partial charge in [-0.1, -0.05) is 21.6 Å². The number of hydrogen-bond acceptors (Lipinski definition) is 16. The Kier molecular flexibility index (Phi) is 12.1. The molecule has 0 aliphatic carbocycles. The molecular formula is C22H30O14S2. The first-order chi connectivity index (χ1) is 17.8. The Morgan fingerprint density at radius 2 is 0.737 bits per heavy atom. The topological polar surface area (TPSA) is 176 Å². The van der Waals surface area contributed by atoms with Gasteiger partial charge in [0.05, 0.1) is 13.2 Å². The average molecular weight is 583 g/mol. The van der Waals surface area contributed by atoms with Crippen molar-refractivity contribution in [3.63, 3.8) is 0 Å². The third-order valence-electron chi connectivity index (χ3n) is 4.85. The molecule has 16 heteroatoms. The van der Waals surface area contributed by atoms with Gasteiger partial charge in [0.1, 0.15) is 0 Å². The minimum absolute atomic E-state index is 0.184. The molecule has 8 atom stereocenters. The number of hydrogen-bond donors (Lipinski definition) is 0. The number of esters is 6. The highest BCUT2D eigenvalue weighted by Gasteiger charge is 2.50. The van der Waals surface area contributed by atoms with Crippen LogP contribution in [0.3, 0.4) is 0 Å². The van der Waals surface area contributed by atoms with Crippen molar-refractivity contribution >= 4 is 57.4 Å². The van der Waals surface area contributed by atoms with E-state index in [2.05, 4.69) is 0 Å². The molecule has 2 heterocycles. The summed E-state index contributed by atoms with van der Waals surface area (Å²) in [6, 6.07) is 0. The van der Waals surface area contributed by atoms with Crippen molar-refractivity contribution in [2.75, 3.05) is 13.2 Å². The van der Waals surface area contributed by atoms with Crippen LogP contribution in [0.4, 0.5) is 0 Å². The Bertz CT molecular complexity index is 838. The molecule has 0 amide bonds. The molecule has 14 nitrogen and oxygen atoms in total. The largest absolute Gasteiger partial charge is 0.456 e. The molecule has 214 valence electrons. The molecule has 8 unspecified atom stereocenters. The Balaban J connectivity index is 2.27. The molecule has 0 aromatic heterocycles. The molecule has 2 fully saturated rings. The van der Waals surface area contributed by atoms with Crippen LogP contribution in [-0.4, -0.2) is 96.5 Å². The SMILES string of the molecule is CC(=O)OC1COC(SSC2OCC(OC(C)=O)C(OC(C)=O)C2OC(C)=O)C(OC(C)=O)C1OC(C)=O. The Hall–Kier alpha value is -2.56. The van der Waals surface area contributed by atoms with Gasteiger partial charge in [-0.25, -0.2) is 0 Å². The molecule has 0 aromatic carbocycles. The van der Waals surface area contributed by atoms with Crippen LogP contribution >= 0.6 is 21.6 Å². The second-order valence-electron chi connectivity index (χ2n) is 8.19. The van der Waals surface area contributed by atoms with Crippen LogP contribution in [0.2, 0.25) is 0 Å². The van der Waals surface area contributed by atoms with Gasteiger partial charge in [0.15, 0.2) is 47.5 Å². The third-order valence-corrected chi connectivity index (χ3v) is 7.63. The van der Waals surface area contributed by atoms with Crippen molar-refractivity contribution in [2.24, 2.45) is 0 Å². The third kappa shape index (κ3) is 9.63. The van der Waals surface area contributed by atoms with Crippen molar-refractivity contribution < 1.29 is 66.7 Å². The van der Waals surface area contributed by atoms with E-state index in [1.54, 1.807) is 0 Å². The number of carbonyl (C=O) groups excluding carboxylic acids is 6. The quantitative estimate of drug-likeness (QED) is 0.210. The molecule has 38 heavy (non-hydrogen) atoms. The van der Waals surface area contributed by atoms with E-state index in [4.69, 9.17) is 37.9 Å². The summed E-state index contributed by atoms with van der Waals surface area (Å²) in [5.74, 6) is -4.13. The monoisotopic (exact) mass is 582 g/mol. The first kappa shape index (κ1) is 31.7. The van der Waals surface area contributed by atoms with Crippen LogP contribution in [-0.2, 0) is 66.7 Å². The summed E-state index contributed by atoms with van der Waals surface area (Å²) in [6.07, 6.45) is -6.82. The lowest BCUT2D eigenvalue weighted by Gasteiger charge is -2.42. The fourth-order valence-electron chi connectivity index (χ4n) is 3.69. The second kappa shape index (κ2) is 14.6. The summed E-state index contributed by atoms with van der Waals surface area (Å²) in [5.41, 5.74) is -1.92. The lowest BCUT2D eigenvalue weighted by atomic mass is 10.1. The highest BCUT2D eigenvalue weighted by atomic mass is 33.1. The molecule has 2 rings (SSSR count). The maximum atomic E-state index is 11.9. The van der Waals surface area contributed by atoms with Gasteiger partial charge >= 0.3 is 35.8 Å². The Morgan fingerprint density at radius 3 is 1.00 bits per heavy atom. The standard InChI is InChI=1S/C22H30O14S2/c1-9(23)31-15-7-29-21(19(35-13(5)27)17(15)33-11(3)25)37-38-22-20(36-14(6)28)18(34-12(4)26)16(8-30-22)32-10(2)24/h15-22H,7-8H2,1-6H3. The van der Waals surface area contributed by atoms with Gasteiger partial charge in [0, 0.05) is 41.5 Å². The van der Waals surface area contributed by atoms with Gasteiger partial charge in [-0.05, 0) is 0 Å². The maximum absolute atomic E-state index is 11.9. The van der Waals surface area contributed by atoms with Crippen molar-refractivity contribution in [2.45, 2.75) is 89.0 Å². The number of carbonyl (C=O) groups is 6. The molecule has 0 saturated carbocycles. The van der Waals surface area contributed by atoms with E-state index in [1.807, 2.05) is 0 Å². The highest BCUT2D eigenvalue weighted by Crippen LogP contribution is 2.43. The molecule has 0 N–H and O–H groups in total. The molecular weight excluding hydrogens is 552 g/mol. The van der Waals surface area contributed by atoms with Gasteiger partial charge in [-0.2, -0.15) is 0 Å². The molecule has 2 saturated heterocycles. The first-order valence-corrected chi connectivity index (χ1v) is 13.6. The van der Waals surface area contributed by atoms with Crippen LogP contribution in [0.15, 0.2) is 0 Å². The van der Waals surface area contributed by atoms with Crippen LogP contribution in [0.25, 0.3) is 0 Å². The summed E-state index contributed by atoms with van der Waals surface area (Å²) < 4.78 is 43.3. The van der Waals surface area contributed by atoms with Gasteiger partial charge in [0.25, 0.3) is 0 Å². The second-order valence-corrected chi connectivity index (χ2v) is 10.7. The van der Waals surface area contributed by atoms with Gasteiger partial charge in [-0.15, -0.1) is 0 Å². The van der Waals surface area contributed by atoms with E-state index >= 15 is 0 Å². The van der Waals surface area contributed by atoms with Crippen LogP contribution in [0.5, 0.6) is 0 Å². The minimum Gasteiger partial charge on any atom is -0.456 e. The van der Waals surface area contributed by atoms with E-state index in [0.717, 1.165) is 49.3 Å². The summed E-state index contributed by atoms with van der Waals surface area (Å²) in [4.78, 5) is 70.3. The van der Waals surface area contributed by atoms with Gasteiger partial charge < -0.3 is 37.9 Å². The normalized spacial score (nSPS) is 30.8. The fourth-order valence-corrected chi connectivity index (χ4v) is 6.47. The lowest BCUT2D eigenvalue weighted by Crippen LogP contribution is -2.57. The first-order valence-electron chi connectivity index (χ1n) is 11.4. The van der Waals surface area contributed by atoms with E-state index in [0.29, 0.717) is 0 Å². The molecule has 0 radical (unpaired) electrons. The van der Waals surface area contributed by atoms with E-state index in [9.17, 15) is 28.8 Å². The summed E-state index contributed by atoms with van der Waals surface area (Å²) in [7, 11) is 1.99. The summed E-state index contributed by atoms with van der Waals surface area (Å²) in [6.45, 7) is 6.56. The fraction of sp³-hybridized carbons (Fsp3) is 0.727. The highest BCUT2D eigenvalue weighted by molar-refractivity contribution is 8.77. The molecule has 2 aliphatic heterocycles. The van der Waals surface area contributed by atoms with Crippen molar-refractivity contribution in [3.05, 3.63) is 0 Å². The smallest absolute Gasteiger partial charge is 0.303 e. The zero-order valence-corrected chi connectivity index (χ0v) is 23.2. The van der Waals surface area contributed by atoms with Crippen LogP contribution < -0.4 is 0 Å². The van der Waals surface area contributed by atoms with E-state index in [1.165, 1.54) is 13.8 Å². The molecule has 0 spiro atoms. The molecule has 0 aromatic rings. The van der Waals surface area contributed by atoms with Gasteiger partial charge in [-0.3, -0.25) is 28.8 Å². The zero-order valence-electron chi connectivity index (χ0n) is 21.6. The number of ether oxygens (including phenoxy) is 8. The summed E-state index contributed by atoms with van der Waals surface area (Å²) >= 11 is 0. The lowest BCUT2D eigenvalue weighted by molar-refractivity contribution is -0.213. The Labute approximate surface area is 226 Å². The summed E-state index contributed by atoms with van der Waals surface area (Å²) in [5, 5.41) is 0. The predicted octanol–water partition coefficient (Wildman–Crippen LogP) is 0.671. The van der Waals surface area contributed by atoms with E-state index in [-0.39, 0.29) is 13.2 Å². The van der Waals surface area contributed by atoms with Crippen molar-refractivity contribution in [1.82, 2.24) is 0 Å². The van der Waals surface area contributed by atoms with Crippen LogP contribution in [0.1, 0.15) is 41.5 Å². The van der Waals surface area contributed by atoms with Crippen molar-refractivity contribution in [3.8, 4) is 0 Å². The Morgan fingerprint density at radius 1 is 0.474 bits per heavy atom. The number of rotatable bonds is 9. The molecule has 0 bridgehead atoms. The minimum atomic E-state index is -1.19. The zero-order chi connectivity index (χ0) is 28.6. The van der Waals surface area contributed by atoms with Crippen LogP contribution in [0, 0.1) is 0 Å².